The number of anilines is 1. The number of aliphatic carboxylic acids is 1. The van der Waals surface area contributed by atoms with Crippen LogP contribution in [0.3, 0.4) is 0 Å². The molecule has 0 bridgehead atoms. The predicted molar refractivity (Wildman–Crippen MR) is 98.4 cm³/mol. The topological polar surface area (TPSA) is 105 Å². The maximum atomic E-state index is 12.4. The molecule has 7 nitrogen and oxygen atoms in total. The van der Waals surface area contributed by atoms with Crippen LogP contribution in [-0.4, -0.2) is 29.5 Å². The summed E-state index contributed by atoms with van der Waals surface area (Å²) in [5, 5.41) is 16.1. The molecule has 138 valence electrons. The summed E-state index contributed by atoms with van der Waals surface area (Å²) in [7, 11) is 0. The number of hydrogen-bond donors (Lipinski definition) is 3. The highest BCUT2D eigenvalue weighted by molar-refractivity contribution is 7.10. The number of aryl methyl sites for hydroxylation is 1. The van der Waals surface area contributed by atoms with Gasteiger partial charge in [-0.3, -0.25) is 9.59 Å². The molecule has 1 aromatic carbocycles. The third-order valence-electron chi connectivity index (χ3n) is 3.49. The second-order valence-corrected chi connectivity index (χ2v) is 6.66. The largest absolute Gasteiger partial charge is 0.482 e. The van der Waals surface area contributed by atoms with Crippen LogP contribution in [0.2, 0.25) is 0 Å². The van der Waals surface area contributed by atoms with E-state index >= 15 is 0 Å². The van der Waals surface area contributed by atoms with Gasteiger partial charge in [0.05, 0.1) is 12.5 Å². The summed E-state index contributed by atoms with van der Waals surface area (Å²) in [6.07, 6.45) is 0.108. The first kappa shape index (κ1) is 19.5. The molecule has 0 saturated carbocycles. The van der Waals surface area contributed by atoms with Gasteiger partial charge in [-0.25, -0.2) is 4.79 Å². The van der Waals surface area contributed by atoms with Crippen molar-refractivity contribution in [3.8, 4) is 5.75 Å². The van der Waals surface area contributed by atoms with Gasteiger partial charge in [0.1, 0.15) is 5.75 Å². The lowest BCUT2D eigenvalue weighted by molar-refractivity contribution is -0.139. The second kappa shape index (κ2) is 9.00. The van der Waals surface area contributed by atoms with E-state index in [-0.39, 0.29) is 24.3 Å². The summed E-state index contributed by atoms with van der Waals surface area (Å²) >= 11 is 1.47. The number of carboxylic acid groups (broad SMARTS) is 1. The summed E-state index contributed by atoms with van der Waals surface area (Å²) in [4.78, 5) is 35.2. The molecule has 3 N–H and O–H groups in total. The lowest BCUT2D eigenvalue weighted by atomic mass is 10.1. The SMILES string of the molecule is CC(=O)NC(CC(=O)Nc1ccc(OCC(=O)O)cc1C)c1cccs1. The molecule has 2 amide bonds. The van der Waals surface area contributed by atoms with Gasteiger partial charge in [0.2, 0.25) is 11.8 Å². The summed E-state index contributed by atoms with van der Waals surface area (Å²) in [5.41, 5.74) is 1.35. The molecule has 1 heterocycles. The maximum absolute atomic E-state index is 12.4. The van der Waals surface area contributed by atoms with Crippen molar-refractivity contribution in [2.75, 3.05) is 11.9 Å². The minimum Gasteiger partial charge on any atom is -0.482 e. The van der Waals surface area contributed by atoms with Gasteiger partial charge in [-0.15, -0.1) is 11.3 Å². The van der Waals surface area contributed by atoms with E-state index < -0.39 is 12.6 Å². The van der Waals surface area contributed by atoms with Crippen molar-refractivity contribution in [2.24, 2.45) is 0 Å². The average molecular weight is 376 g/mol. The average Bonchev–Trinajstić information content (AvgIpc) is 3.08. The van der Waals surface area contributed by atoms with Crippen LogP contribution >= 0.6 is 11.3 Å². The molecular formula is C18H20N2O5S. The highest BCUT2D eigenvalue weighted by Crippen LogP contribution is 2.25. The monoisotopic (exact) mass is 376 g/mol. The quantitative estimate of drug-likeness (QED) is 0.657. The highest BCUT2D eigenvalue weighted by Gasteiger charge is 2.18. The fraction of sp³-hybridized carbons (Fsp3) is 0.278. The van der Waals surface area contributed by atoms with Crippen LogP contribution in [0.25, 0.3) is 0 Å². The van der Waals surface area contributed by atoms with Crippen molar-refractivity contribution < 1.29 is 24.2 Å². The molecule has 0 radical (unpaired) electrons. The Morgan fingerprint density at radius 1 is 1.27 bits per heavy atom. The Hall–Kier alpha value is -2.87. The van der Waals surface area contributed by atoms with Crippen LogP contribution in [0.15, 0.2) is 35.7 Å². The van der Waals surface area contributed by atoms with E-state index in [1.54, 1.807) is 25.1 Å². The third kappa shape index (κ3) is 5.89. The van der Waals surface area contributed by atoms with Gasteiger partial charge >= 0.3 is 5.97 Å². The van der Waals surface area contributed by atoms with E-state index in [0.717, 1.165) is 10.4 Å². The minimum absolute atomic E-state index is 0.108. The summed E-state index contributed by atoms with van der Waals surface area (Å²) in [6, 6.07) is 8.26. The van der Waals surface area contributed by atoms with Gasteiger partial charge in [0.25, 0.3) is 0 Å². The van der Waals surface area contributed by atoms with Crippen LogP contribution in [0.4, 0.5) is 5.69 Å². The van der Waals surface area contributed by atoms with Crippen molar-refractivity contribution in [1.29, 1.82) is 0 Å². The number of thiophene rings is 1. The number of benzene rings is 1. The minimum atomic E-state index is -1.06. The Morgan fingerprint density at radius 2 is 2.04 bits per heavy atom. The van der Waals surface area contributed by atoms with Crippen molar-refractivity contribution in [3.63, 3.8) is 0 Å². The zero-order chi connectivity index (χ0) is 19.1. The first-order valence-corrected chi connectivity index (χ1v) is 8.78. The molecule has 2 aromatic rings. The van der Waals surface area contributed by atoms with Crippen LogP contribution < -0.4 is 15.4 Å². The molecule has 0 aliphatic heterocycles. The molecule has 0 aliphatic carbocycles. The van der Waals surface area contributed by atoms with Gasteiger partial charge in [-0.1, -0.05) is 6.07 Å². The van der Waals surface area contributed by atoms with Gasteiger partial charge in [0.15, 0.2) is 6.61 Å². The fourth-order valence-corrected chi connectivity index (χ4v) is 3.13. The Labute approximate surface area is 155 Å². The maximum Gasteiger partial charge on any atom is 0.341 e. The summed E-state index contributed by atoms with van der Waals surface area (Å²) < 4.78 is 5.11. The number of hydrogen-bond acceptors (Lipinski definition) is 5. The molecule has 1 atom stereocenters. The van der Waals surface area contributed by atoms with Crippen LogP contribution in [0, 0.1) is 6.92 Å². The fourth-order valence-electron chi connectivity index (χ4n) is 2.36. The Bertz CT molecular complexity index is 789. The standard InChI is InChI=1S/C18H20N2O5S/c1-11-8-13(25-10-18(23)24)5-6-14(11)20-17(22)9-15(19-12(2)21)16-4-3-7-26-16/h3-8,15H,9-10H2,1-2H3,(H,19,21)(H,20,22)(H,23,24). The first-order chi connectivity index (χ1) is 12.3. The molecule has 0 aliphatic rings. The Morgan fingerprint density at radius 3 is 2.62 bits per heavy atom. The van der Waals surface area contributed by atoms with Crippen LogP contribution in [-0.2, 0) is 14.4 Å². The van der Waals surface area contributed by atoms with Crippen LogP contribution in [0.5, 0.6) is 5.75 Å². The number of ether oxygens (including phenoxy) is 1. The molecule has 0 spiro atoms. The second-order valence-electron chi connectivity index (χ2n) is 5.68. The van der Waals surface area contributed by atoms with E-state index in [2.05, 4.69) is 10.6 Å². The first-order valence-electron chi connectivity index (χ1n) is 7.90. The number of carbonyl (C=O) groups is 3. The Balaban J connectivity index is 2.01. The molecule has 2 rings (SSSR count). The zero-order valence-corrected chi connectivity index (χ0v) is 15.3. The third-order valence-corrected chi connectivity index (χ3v) is 4.47. The van der Waals surface area contributed by atoms with Crippen molar-refractivity contribution >= 4 is 34.8 Å². The normalized spacial score (nSPS) is 11.5. The van der Waals surface area contributed by atoms with Gasteiger partial charge in [-0.05, 0) is 42.1 Å². The number of amides is 2. The number of carboxylic acids is 1. The van der Waals surface area contributed by atoms with Crippen molar-refractivity contribution in [3.05, 3.63) is 46.2 Å². The number of carbonyl (C=O) groups excluding carboxylic acids is 2. The molecule has 0 fully saturated rings. The molecule has 8 heteroatoms. The number of rotatable bonds is 8. The Kier molecular flexibility index (Phi) is 6.74. The molecule has 1 aromatic heterocycles. The smallest absolute Gasteiger partial charge is 0.341 e. The predicted octanol–water partition coefficient (Wildman–Crippen LogP) is 2.73. The molecular weight excluding hydrogens is 356 g/mol. The van der Waals surface area contributed by atoms with E-state index in [0.29, 0.717) is 11.4 Å². The van der Waals surface area contributed by atoms with E-state index in [9.17, 15) is 14.4 Å². The summed E-state index contributed by atoms with van der Waals surface area (Å²) in [6.45, 7) is 2.77. The van der Waals surface area contributed by atoms with Gasteiger partial charge < -0.3 is 20.5 Å². The van der Waals surface area contributed by atoms with E-state index in [1.807, 2.05) is 17.5 Å². The van der Waals surface area contributed by atoms with E-state index in [1.165, 1.54) is 18.3 Å². The zero-order valence-electron chi connectivity index (χ0n) is 14.4. The summed E-state index contributed by atoms with van der Waals surface area (Å²) in [5.74, 6) is -1.08. The molecule has 26 heavy (non-hydrogen) atoms. The lowest BCUT2D eigenvalue weighted by Crippen LogP contribution is -2.29. The van der Waals surface area contributed by atoms with E-state index in [4.69, 9.17) is 9.84 Å². The highest BCUT2D eigenvalue weighted by atomic mass is 32.1. The lowest BCUT2D eigenvalue weighted by Gasteiger charge is -2.17. The molecule has 1 unspecified atom stereocenters. The van der Waals surface area contributed by atoms with Crippen LogP contribution in [0.1, 0.15) is 29.8 Å². The van der Waals surface area contributed by atoms with Gasteiger partial charge in [0, 0.05) is 17.5 Å². The molecule has 0 saturated heterocycles. The van der Waals surface area contributed by atoms with Gasteiger partial charge in [-0.2, -0.15) is 0 Å². The number of nitrogens with one attached hydrogen (secondary N) is 2. The van der Waals surface area contributed by atoms with Crippen molar-refractivity contribution in [1.82, 2.24) is 5.32 Å². The van der Waals surface area contributed by atoms with Crippen molar-refractivity contribution in [2.45, 2.75) is 26.3 Å².